The maximum atomic E-state index is 12.7. The Bertz CT molecular complexity index is 1000. The van der Waals surface area contributed by atoms with E-state index in [1.807, 2.05) is 32.0 Å². The molecule has 0 amide bonds. The van der Waals surface area contributed by atoms with Crippen molar-refractivity contribution in [3.8, 4) is 0 Å². The van der Waals surface area contributed by atoms with E-state index in [2.05, 4.69) is 4.74 Å². The molecule has 7 heteroatoms. The maximum absolute atomic E-state index is 12.7. The van der Waals surface area contributed by atoms with Gasteiger partial charge in [-0.1, -0.05) is 23.8 Å². The molecule has 2 rings (SSSR count). The second kappa shape index (κ2) is 8.62. The third-order valence-electron chi connectivity index (χ3n) is 3.69. The summed E-state index contributed by atoms with van der Waals surface area (Å²) in [6.07, 6.45) is 2.98. The third-order valence-corrected chi connectivity index (χ3v) is 4.75. The SMILES string of the molecule is CCOC(=O)/C=c1\s/c(=C\c2ccc(C)cc2C)c(=O)n1CC(=O)OC. The highest BCUT2D eigenvalue weighted by Gasteiger charge is 2.11. The van der Waals surface area contributed by atoms with E-state index in [0.29, 0.717) is 9.20 Å². The van der Waals surface area contributed by atoms with Crippen LogP contribution in [-0.4, -0.2) is 30.2 Å². The summed E-state index contributed by atoms with van der Waals surface area (Å²) in [6, 6.07) is 5.92. The fourth-order valence-corrected chi connectivity index (χ4v) is 3.42. The first-order valence-corrected chi connectivity index (χ1v) is 8.91. The number of methoxy groups -OCH3 is 1. The van der Waals surface area contributed by atoms with Gasteiger partial charge in [0.05, 0.1) is 24.3 Å². The van der Waals surface area contributed by atoms with Crippen LogP contribution in [0.2, 0.25) is 0 Å². The molecule has 1 aromatic heterocycles. The van der Waals surface area contributed by atoms with Crippen LogP contribution >= 0.6 is 11.3 Å². The van der Waals surface area contributed by atoms with Gasteiger partial charge in [0.2, 0.25) is 0 Å². The van der Waals surface area contributed by atoms with E-state index in [0.717, 1.165) is 28.0 Å². The normalized spacial score (nSPS) is 12.3. The molecular formula is C19H21NO5S. The van der Waals surface area contributed by atoms with Gasteiger partial charge < -0.3 is 9.47 Å². The molecule has 0 saturated carbocycles. The summed E-state index contributed by atoms with van der Waals surface area (Å²) in [7, 11) is 1.25. The molecule has 0 aliphatic rings. The van der Waals surface area contributed by atoms with Crippen molar-refractivity contribution >= 4 is 35.4 Å². The highest BCUT2D eigenvalue weighted by molar-refractivity contribution is 7.07. The molecule has 26 heavy (non-hydrogen) atoms. The fourth-order valence-electron chi connectivity index (χ4n) is 2.40. The summed E-state index contributed by atoms with van der Waals surface area (Å²) in [4.78, 5) is 36.1. The largest absolute Gasteiger partial charge is 0.468 e. The van der Waals surface area contributed by atoms with Crippen molar-refractivity contribution < 1.29 is 19.1 Å². The number of esters is 2. The summed E-state index contributed by atoms with van der Waals surface area (Å²) in [5.41, 5.74) is 2.72. The minimum atomic E-state index is -0.568. The molecule has 0 saturated heterocycles. The van der Waals surface area contributed by atoms with Crippen molar-refractivity contribution in [1.82, 2.24) is 4.57 Å². The monoisotopic (exact) mass is 375 g/mol. The van der Waals surface area contributed by atoms with Gasteiger partial charge in [-0.15, -0.1) is 11.3 Å². The first kappa shape index (κ1) is 19.7. The van der Waals surface area contributed by atoms with E-state index in [1.54, 1.807) is 13.0 Å². The predicted molar refractivity (Wildman–Crippen MR) is 100 cm³/mol. The van der Waals surface area contributed by atoms with Crippen LogP contribution in [-0.2, 0) is 25.6 Å². The van der Waals surface area contributed by atoms with E-state index in [4.69, 9.17) is 4.74 Å². The first-order valence-electron chi connectivity index (χ1n) is 8.09. The van der Waals surface area contributed by atoms with Gasteiger partial charge in [0.1, 0.15) is 11.2 Å². The topological polar surface area (TPSA) is 74.6 Å². The molecule has 2 aromatic rings. The molecule has 0 fully saturated rings. The van der Waals surface area contributed by atoms with Gasteiger partial charge in [-0.25, -0.2) is 4.79 Å². The molecular weight excluding hydrogens is 354 g/mol. The Morgan fingerprint density at radius 2 is 2.00 bits per heavy atom. The number of hydrogen-bond donors (Lipinski definition) is 0. The Hall–Kier alpha value is -2.67. The van der Waals surface area contributed by atoms with Gasteiger partial charge in [0.15, 0.2) is 0 Å². The number of nitrogens with zero attached hydrogens (tertiary/aromatic N) is 1. The zero-order chi connectivity index (χ0) is 19.3. The Morgan fingerprint density at radius 1 is 1.27 bits per heavy atom. The molecule has 0 spiro atoms. The Balaban J connectivity index is 2.64. The van der Waals surface area contributed by atoms with E-state index in [1.165, 1.54) is 17.8 Å². The molecule has 0 aliphatic heterocycles. The number of hydrogen-bond acceptors (Lipinski definition) is 6. The second-order valence-corrected chi connectivity index (χ2v) is 6.73. The summed E-state index contributed by atoms with van der Waals surface area (Å²) in [5.74, 6) is -1.13. The molecule has 0 N–H and O–H groups in total. The van der Waals surface area contributed by atoms with E-state index in [-0.39, 0.29) is 18.7 Å². The zero-order valence-electron chi connectivity index (χ0n) is 15.2. The van der Waals surface area contributed by atoms with Crippen molar-refractivity contribution in [3.63, 3.8) is 0 Å². The number of aryl methyl sites for hydroxylation is 2. The zero-order valence-corrected chi connectivity index (χ0v) is 16.0. The van der Waals surface area contributed by atoms with Gasteiger partial charge in [-0.2, -0.15) is 0 Å². The molecule has 6 nitrogen and oxygen atoms in total. The molecule has 0 atom stereocenters. The van der Waals surface area contributed by atoms with E-state index >= 15 is 0 Å². The second-order valence-electron chi connectivity index (χ2n) is 5.67. The van der Waals surface area contributed by atoms with Gasteiger partial charge >= 0.3 is 11.9 Å². The minimum absolute atomic E-state index is 0.226. The Morgan fingerprint density at radius 3 is 2.62 bits per heavy atom. The Labute approximate surface area is 155 Å². The van der Waals surface area contributed by atoms with E-state index < -0.39 is 11.9 Å². The number of carbonyl (C=O) groups is 2. The lowest BCUT2D eigenvalue weighted by Crippen LogP contribution is -2.34. The standard InChI is InChI=1S/C19H21NO5S/c1-5-25-17(21)10-16-20(11-18(22)24-4)19(23)15(26-16)9-14-7-6-12(2)8-13(14)3/h6-10H,5,11H2,1-4H3/b15-9-,16-10-. The summed E-state index contributed by atoms with van der Waals surface area (Å²) in [6.45, 7) is 5.62. The summed E-state index contributed by atoms with van der Waals surface area (Å²) >= 11 is 1.13. The predicted octanol–water partition coefficient (Wildman–Crippen LogP) is 0.872. The van der Waals surface area contributed by atoms with Crippen LogP contribution in [0.1, 0.15) is 23.6 Å². The summed E-state index contributed by atoms with van der Waals surface area (Å²) in [5, 5.41) is 0. The van der Waals surface area contributed by atoms with Crippen LogP contribution < -0.4 is 14.8 Å². The van der Waals surface area contributed by atoms with Crippen LogP contribution in [0, 0.1) is 13.8 Å². The van der Waals surface area contributed by atoms with Crippen LogP contribution in [0.5, 0.6) is 0 Å². The van der Waals surface area contributed by atoms with Gasteiger partial charge in [0, 0.05) is 0 Å². The minimum Gasteiger partial charge on any atom is -0.468 e. The number of thiazole rings is 1. The number of ether oxygens (including phenoxy) is 2. The lowest BCUT2D eigenvalue weighted by atomic mass is 10.1. The molecule has 138 valence electrons. The molecule has 1 heterocycles. The van der Waals surface area contributed by atoms with Crippen molar-refractivity contribution in [3.05, 3.63) is 54.4 Å². The maximum Gasteiger partial charge on any atom is 0.333 e. The molecule has 0 radical (unpaired) electrons. The summed E-state index contributed by atoms with van der Waals surface area (Å²) < 4.78 is 11.5. The highest BCUT2D eigenvalue weighted by Crippen LogP contribution is 2.10. The van der Waals surface area contributed by atoms with Crippen LogP contribution in [0.3, 0.4) is 0 Å². The average Bonchev–Trinajstić information content (AvgIpc) is 2.86. The van der Waals surface area contributed by atoms with Crippen molar-refractivity contribution in [2.75, 3.05) is 13.7 Å². The van der Waals surface area contributed by atoms with Crippen molar-refractivity contribution in [2.45, 2.75) is 27.3 Å². The lowest BCUT2D eigenvalue weighted by molar-refractivity contribution is -0.141. The first-order chi connectivity index (χ1) is 12.3. The molecule has 0 unspecified atom stereocenters. The van der Waals surface area contributed by atoms with E-state index in [9.17, 15) is 14.4 Å². The number of benzene rings is 1. The molecule has 0 bridgehead atoms. The van der Waals surface area contributed by atoms with Crippen LogP contribution in [0.15, 0.2) is 23.0 Å². The van der Waals surface area contributed by atoms with Gasteiger partial charge in [0.25, 0.3) is 5.56 Å². The van der Waals surface area contributed by atoms with Crippen LogP contribution in [0.4, 0.5) is 0 Å². The smallest absolute Gasteiger partial charge is 0.333 e. The van der Waals surface area contributed by atoms with Crippen molar-refractivity contribution in [1.29, 1.82) is 0 Å². The number of rotatable bonds is 5. The molecule has 1 aromatic carbocycles. The van der Waals surface area contributed by atoms with Gasteiger partial charge in [-0.3, -0.25) is 14.2 Å². The fraction of sp³-hybridized carbons (Fsp3) is 0.316. The average molecular weight is 375 g/mol. The van der Waals surface area contributed by atoms with Gasteiger partial charge in [-0.05, 0) is 38.0 Å². The lowest BCUT2D eigenvalue weighted by Gasteiger charge is -2.01. The molecule has 0 aliphatic carbocycles. The van der Waals surface area contributed by atoms with Crippen molar-refractivity contribution in [2.24, 2.45) is 0 Å². The Kier molecular flexibility index (Phi) is 6.52. The number of aromatic nitrogens is 1. The van der Waals surface area contributed by atoms with Crippen LogP contribution in [0.25, 0.3) is 12.2 Å². The highest BCUT2D eigenvalue weighted by atomic mass is 32.1. The quantitative estimate of drug-likeness (QED) is 0.725. The number of carbonyl (C=O) groups excluding carboxylic acids is 2. The third kappa shape index (κ3) is 4.70.